The summed E-state index contributed by atoms with van der Waals surface area (Å²) in [5.74, 6) is 0. The zero-order valence-corrected chi connectivity index (χ0v) is 8.43. The monoisotopic (exact) mass is 198 g/mol. The SMILES string of the molecule is CC(O)CO.CCC[Si](O)(O)O. The van der Waals surface area contributed by atoms with Gasteiger partial charge in [0.15, 0.2) is 0 Å². The normalized spacial score (nSPS) is 13.2. The number of aliphatic hydroxyl groups is 2. The van der Waals surface area contributed by atoms with Crippen LogP contribution in [0.1, 0.15) is 20.3 Å². The number of aliphatic hydroxyl groups excluding tert-OH is 2. The summed E-state index contributed by atoms with van der Waals surface area (Å²) in [4.78, 5) is 24.8. The van der Waals surface area contributed by atoms with E-state index in [1.807, 2.05) is 0 Å². The molecule has 5 nitrogen and oxygen atoms in total. The molecule has 0 aromatic rings. The summed E-state index contributed by atoms with van der Waals surface area (Å²) in [5.41, 5.74) is 0. The first-order valence-electron chi connectivity index (χ1n) is 3.79. The van der Waals surface area contributed by atoms with Crippen LogP contribution in [0.5, 0.6) is 0 Å². The van der Waals surface area contributed by atoms with E-state index in [2.05, 4.69) is 0 Å². The van der Waals surface area contributed by atoms with Crippen LogP contribution in [-0.4, -0.2) is 46.1 Å². The minimum Gasteiger partial charge on any atom is -0.394 e. The van der Waals surface area contributed by atoms with E-state index in [1.165, 1.54) is 6.92 Å². The molecule has 76 valence electrons. The molecule has 0 rings (SSSR count). The smallest absolute Gasteiger partial charge is 0.394 e. The minimum atomic E-state index is -3.66. The average Bonchev–Trinajstić information content (AvgIpc) is 1.86. The lowest BCUT2D eigenvalue weighted by Crippen LogP contribution is -2.33. The van der Waals surface area contributed by atoms with Gasteiger partial charge in [0.2, 0.25) is 0 Å². The van der Waals surface area contributed by atoms with Gasteiger partial charge >= 0.3 is 8.80 Å². The second-order valence-electron chi connectivity index (χ2n) is 2.56. The van der Waals surface area contributed by atoms with Gasteiger partial charge in [-0.1, -0.05) is 13.3 Å². The maximum Gasteiger partial charge on any atom is 0.492 e. The van der Waals surface area contributed by atoms with E-state index >= 15 is 0 Å². The van der Waals surface area contributed by atoms with E-state index in [4.69, 9.17) is 24.6 Å². The van der Waals surface area contributed by atoms with E-state index in [0.717, 1.165) is 0 Å². The molecule has 0 heterocycles. The van der Waals surface area contributed by atoms with Crippen molar-refractivity contribution in [3.05, 3.63) is 0 Å². The van der Waals surface area contributed by atoms with Crippen LogP contribution in [0.4, 0.5) is 0 Å². The third-order valence-corrected chi connectivity index (χ3v) is 2.02. The Morgan fingerprint density at radius 3 is 1.58 bits per heavy atom. The Labute approximate surface area is 73.3 Å². The molecule has 0 saturated carbocycles. The highest BCUT2D eigenvalue weighted by atomic mass is 28.4. The van der Waals surface area contributed by atoms with E-state index in [-0.39, 0.29) is 12.7 Å². The molecular weight excluding hydrogens is 180 g/mol. The van der Waals surface area contributed by atoms with Crippen LogP contribution < -0.4 is 0 Å². The van der Waals surface area contributed by atoms with Crippen molar-refractivity contribution in [3.63, 3.8) is 0 Å². The van der Waals surface area contributed by atoms with Crippen molar-refractivity contribution in [2.45, 2.75) is 32.4 Å². The highest BCUT2D eigenvalue weighted by Crippen LogP contribution is 1.97. The third kappa shape index (κ3) is 22.5. The van der Waals surface area contributed by atoms with Gasteiger partial charge in [-0.15, -0.1) is 0 Å². The predicted molar refractivity (Wildman–Crippen MR) is 46.3 cm³/mol. The van der Waals surface area contributed by atoms with Gasteiger partial charge in [0.1, 0.15) is 0 Å². The Morgan fingerprint density at radius 1 is 1.25 bits per heavy atom. The number of hydrogen-bond acceptors (Lipinski definition) is 5. The first-order chi connectivity index (χ1) is 5.33. The Balaban J connectivity index is 0. The summed E-state index contributed by atoms with van der Waals surface area (Å²) in [6.45, 7) is 3.17. The fraction of sp³-hybridized carbons (Fsp3) is 1.00. The molecule has 0 aliphatic carbocycles. The Morgan fingerprint density at radius 2 is 1.58 bits per heavy atom. The van der Waals surface area contributed by atoms with Gasteiger partial charge in [0.05, 0.1) is 12.7 Å². The zero-order chi connectivity index (χ0) is 10.2. The lowest BCUT2D eigenvalue weighted by Gasteiger charge is -2.04. The maximum atomic E-state index is 8.27. The molecule has 0 saturated heterocycles. The van der Waals surface area contributed by atoms with Gasteiger partial charge in [0.25, 0.3) is 0 Å². The summed E-state index contributed by atoms with van der Waals surface area (Å²) in [7, 11) is -3.66. The highest BCUT2D eigenvalue weighted by molar-refractivity contribution is 6.56. The van der Waals surface area contributed by atoms with Crippen LogP contribution >= 0.6 is 0 Å². The van der Waals surface area contributed by atoms with Gasteiger partial charge in [0, 0.05) is 6.04 Å². The molecule has 0 aromatic heterocycles. The van der Waals surface area contributed by atoms with E-state index in [0.29, 0.717) is 6.42 Å². The molecule has 0 aliphatic heterocycles. The largest absolute Gasteiger partial charge is 0.492 e. The van der Waals surface area contributed by atoms with Crippen LogP contribution in [0.2, 0.25) is 6.04 Å². The van der Waals surface area contributed by atoms with Gasteiger partial charge < -0.3 is 24.6 Å². The molecule has 0 bridgehead atoms. The van der Waals surface area contributed by atoms with Crippen LogP contribution in [0, 0.1) is 0 Å². The second-order valence-corrected chi connectivity index (χ2v) is 4.60. The van der Waals surface area contributed by atoms with E-state index < -0.39 is 14.9 Å². The fourth-order valence-electron chi connectivity index (χ4n) is 0.335. The lowest BCUT2D eigenvalue weighted by molar-refractivity contribution is 0.110. The average molecular weight is 198 g/mol. The molecule has 0 aromatic carbocycles. The quantitative estimate of drug-likeness (QED) is 0.362. The molecule has 12 heavy (non-hydrogen) atoms. The second kappa shape index (κ2) is 7.65. The molecule has 0 fully saturated rings. The van der Waals surface area contributed by atoms with Crippen molar-refractivity contribution in [1.82, 2.24) is 0 Å². The Kier molecular flexibility index (Phi) is 9.27. The van der Waals surface area contributed by atoms with Gasteiger partial charge in [-0.05, 0) is 6.92 Å². The van der Waals surface area contributed by atoms with Crippen LogP contribution in [0.3, 0.4) is 0 Å². The van der Waals surface area contributed by atoms with Crippen molar-refractivity contribution < 1.29 is 24.6 Å². The lowest BCUT2D eigenvalue weighted by atomic mass is 10.5. The van der Waals surface area contributed by atoms with Crippen molar-refractivity contribution in [3.8, 4) is 0 Å². The standard InChI is InChI=1S/C3H10O3Si.C3H8O2/c1-2-3-7(4,5)6;1-3(5)2-4/h4-6H,2-3H2,1H3;3-5H,2H2,1H3. The van der Waals surface area contributed by atoms with Gasteiger partial charge in [-0.3, -0.25) is 0 Å². The Bertz CT molecular complexity index is 90.4. The summed E-state index contributed by atoms with van der Waals surface area (Å²) in [6.07, 6.45) is 0.0606. The molecule has 0 radical (unpaired) electrons. The number of hydrogen-bond donors (Lipinski definition) is 5. The molecule has 5 N–H and O–H groups in total. The first kappa shape index (κ1) is 14.5. The summed E-state index contributed by atoms with van der Waals surface area (Å²) in [5, 5.41) is 16.0. The van der Waals surface area contributed by atoms with Crippen LogP contribution in [-0.2, 0) is 0 Å². The minimum absolute atomic E-state index is 0.139. The van der Waals surface area contributed by atoms with Crippen molar-refractivity contribution in [2.75, 3.05) is 6.61 Å². The summed E-state index contributed by atoms with van der Waals surface area (Å²) < 4.78 is 0. The molecule has 0 spiro atoms. The Hall–Kier alpha value is 0.0169. The van der Waals surface area contributed by atoms with Crippen molar-refractivity contribution in [1.29, 1.82) is 0 Å². The molecule has 1 unspecified atom stereocenters. The molecule has 6 heteroatoms. The summed E-state index contributed by atoms with van der Waals surface area (Å²) >= 11 is 0. The molecule has 0 amide bonds. The van der Waals surface area contributed by atoms with E-state index in [9.17, 15) is 0 Å². The van der Waals surface area contributed by atoms with Crippen molar-refractivity contribution in [2.24, 2.45) is 0 Å². The van der Waals surface area contributed by atoms with Crippen LogP contribution in [0.15, 0.2) is 0 Å². The highest BCUT2D eigenvalue weighted by Gasteiger charge is 2.24. The first-order valence-corrected chi connectivity index (χ1v) is 5.84. The molecule has 1 atom stereocenters. The molecular formula is C6H18O5Si. The third-order valence-electron chi connectivity index (χ3n) is 0.850. The van der Waals surface area contributed by atoms with E-state index in [1.54, 1.807) is 6.92 Å². The zero-order valence-electron chi connectivity index (χ0n) is 7.43. The number of rotatable bonds is 3. The van der Waals surface area contributed by atoms with Gasteiger partial charge in [-0.25, -0.2) is 0 Å². The topological polar surface area (TPSA) is 101 Å². The van der Waals surface area contributed by atoms with Crippen LogP contribution in [0.25, 0.3) is 0 Å². The van der Waals surface area contributed by atoms with Gasteiger partial charge in [-0.2, -0.15) is 0 Å². The molecule has 0 aliphatic rings. The summed E-state index contributed by atoms with van der Waals surface area (Å²) in [6, 6.07) is 0.146. The van der Waals surface area contributed by atoms with Crippen molar-refractivity contribution >= 4 is 8.80 Å². The predicted octanol–water partition coefficient (Wildman–Crippen LogP) is -1.33. The maximum absolute atomic E-state index is 8.27. The fourth-order valence-corrected chi connectivity index (χ4v) is 1.01.